The summed E-state index contributed by atoms with van der Waals surface area (Å²) < 4.78 is 0. The van der Waals surface area contributed by atoms with Crippen LogP contribution in [0.25, 0.3) is 0 Å². The van der Waals surface area contributed by atoms with Crippen molar-refractivity contribution in [3.63, 3.8) is 0 Å². The average molecular weight is 522 g/mol. The highest BCUT2D eigenvalue weighted by molar-refractivity contribution is 6.13. The largest absolute Gasteiger partial charge is 0.410 e. The highest BCUT2D eigenvalue weighted by Gasteiger charge is 2.12. The number of oxime groups is 1. The molecule has 39 heavy (non-hydrogen) atoms. The molecule has 0 saturated carbocycles. The molecule has 0 fully saturated rings. The summed E-state index contributed by atoms with van der Waals surface area (Å²) in [7, 11) is 7.78. The molecule has 8 heteroatoms. The molecule has 0 aliphatic heterocycles. The minimum atomic E-state index is -0.213. The maximum atomic E-state index is 12.6. The number of nitrogens with one attached hydrogen (secondary N) is 2. The number of benzene rings is 4. The molecule has 0 bridgehead atoms. The number of hydrogen-bond acceptors (Lipinski definition) is 6. The minimum Gasteiger partial charge on any atom is -0.410 e. The maximum absolute atomic E-state index is 12.6. The monoisotopic (exact) mass is 521 g/mol. The molecule has 0 aliphatic rings. The maximum Gasteiger partial charge on any atom is 0.255 e. The second kappa shape index (κ2) is 12.0. The Labute approximate surface area is 228 Å². The van der Waals surface area contributed by atoms with Crippen molar-refractivity contribution in [2.75, 3.05) is 48.6 Å². The molecule has 3 N–H and O–H groups in total. The summed E-state index contributed by atoms with van der Waals surface area (Å²) in [6.45, 7) is 0. The number of hydrogen-bond donors (Lipinski definition) is 3. The van der Waals surface area contributed by atoms with Crippen molar-refractivity contribution in [2.24, 2.45) is 5.16 Å². The fourth-order valence-electron chi connectivity index (χ4n) is 3.93. The summed E-state index contributed by atoms with van der Waals surface area (Å²) in [5.41, 5.74) is 6.08. The smallest absolute Gasteiger partial charge is 0.255 e. The lowest BCUT2D eigenvalue weighted by molar-refractivity contribution is 0.101. The van der Waals surface area contributed by atoms with Gasteiger partial charge in [0.25, 0.3) is 11.8 Å². The van der Waals surface area contributed by atoms with Crippen molar-refractivity contribution in [1.29, 1.82) is 0 Å². The van der Waals surface area contributed by atoms with E-state index in [1.165, 1.54) is 0 Å². The molecule has 0 unspecified atom stereocenters. The second-order valence-electron chi connectivity index (χ2n) is 9.39. The Kier molecular flexibility index (Phi) is 8.26. The zero-order valence-electron chi connectivity index (χ0n) is 22.3. The van der Waals surface area contributed by atoms with Gasteiger partial charge in [-0.05, 0) is 72.8 Å². The summed E-state index contributed by atoms with van der Waals surface area (Å²) in [5, 5.41) is 19.0. The van der Waals surface area contributed by atoms with E-state index < -0.39 is 0 Å². The molecule has 198 valence electrons. The fraction of sp³-hybridized carbons (Fsp3) is 0.129. The van der Waals surface area contributed by atoms with E-state index in [2.05, 4.69) is 15.8 Å². The Morgan fingerprint density at radius 1 is 0.538 bits per heavy atom. The number of amides is 2. The summed E-state index contributed by atoms with van der Waals surface area (Å²) in [5.74, 6) is -0.425. The lowest BCUT2D eigenvalue weighted by Crippen LogP contribution is -2.13. The number of rotatable bonds is 8. The van der Waals surface area contributed by atoms with Gasteiger partial charge in [-0.15, -0.1) is 0 Å². The second-order valence-corrected chi connectivity index (χ2v) is 9.39. The predicted molar refractivity (Wildman–Crippen MR) is 158 cm³/mol. The van der Waals surface area contributed by atoms with Crippen LogP contribution in [0, 0.1) is 0 Å². The summed E-state index contributed by atoms with van der Waals surface area (Å²) in [6, 6.07) is 28.8. The van der Waals surface area contributed by atoms with E-state index in [1.807, 2.05) is 62.3 Å². The van der Waals surface area contributed by atoms with Crippen LogP contribution in [0.1, 0.15) is 31.8 Å². The van der Waals surface area contributed by atoms with Gasteiger partial charge in [-0.2, -0.15) is 0 Å². The molecule has 0 radical (unpaired) electrons. The molecule has 0 aliphatic carbocycles. The first-order chi connectivity index (χ1) is 18.7. The average Bonchev–Trinajstić information content (AvgIpc) is 2.95. The number of anilines is 4. The van der Waals surface area contributed by atoms with Gasteiger partial charge in [-0.3, -0.25) is 9.59 Å². The third-order valence-corrected chi connectivity index (χ3v) is 6.22. The van der Waals surface area contributed by atoms with Crippen LogP contribution in [0.5, 0.6) is 0 Å². The molecule has 2 amide bonds. The third kappa shape index (κ3) is 6.61. The van der Waals surface area contributed by atoms with E-state index in [0.717, 1.165) is 11.4 Å². The normalized spacial score (nSPS) is 10.4. The third-order valence-electron chi connectivity index (χ3n) is 6.22. The van der Waals surface area contributed by atoms with E-state index in [0.29, 0.717) is 39.3 Å². The molecule has 0 atom stereocenters. The lowest BCUT2D eigenvalue weighted by atomic mass is 10.0. The van der Waals surface area contributed by atoms with Gasteiger partial charge in [0.15, 0.2) is 0 Å². The quantitative estimate of drug-likeness (QED) is 0.160. The van der Waals surface area contributed by atoms with Crippen LogP contribution >= 0.6 is 0 Å². The van der Waals surface area contributed by atoms with Crippen molar-refractivity contribution in [2.45, 2.75) is 0 Å². The van der Waals surface area contributed by atoms with E-state index in [4.69, 9.17) is 0 Å². The molecule has 8 nitrogen and oxygen atoms in total. The number of carbonyl (C=O) groups is 2. The van der Waals surface area contributed by atoms with Crippen LogP contribution in [0.4, 0.5) is 22.7 Å². The van der Waals surface area contributed by atoms with Crippen LogP contribution in [0.2, 0.25) is 0 Å². The molecule has 4 aromatic rings. The zero-order chi connectivity index (χ0) is 27.9. The Bertz CT molecular complexity index is 1350. The van der Waals surface area contributed by atoms with Gasteiger partial charge < -0.3 is 25.6 Å². The molecule has 4 aromatic carbocycles. The van der Waals surface area contributed by atoms with E-state index in [-0.39, 0.29) is 11.8 Å². The van der Waals surface area contributed by atoms with E-state index in [9.17, 15) is 14.8 Å². The van der Waals surface area contributed by atoms with Gasteiger partial charge in [-0.1, -0.05) is 29.4 Å². The fourth-order valence-corrected chi connectivity index (χ4v) is 3.93. The zero-order valence-corrected chi connectivity index (χ0v) is 22.3. The first-order valence-electron chi connectivity index (χ1n) is 12.4. The first kappa shape index (κ1) is 26.9. The van der Waals surface area contributed by atoms with E-state index >= 15 is 0 Å². The van der Waals surface area contributed by atoms with Crippen molar-refractivity contribution in [1.82, 2.24) is 0 Å². The standard InChI is InChI=1S/C31H31N5O3/c1-35(2)27-17-9-23(10-18-27)30(37)32-25-13-5-21(6-14-25)29(34-39)22-7-15-26(16-8-22)33-31(38)24-11-19-28(20-12-24)36(3)4/h5-20,39H,1-4H3,(H,32,37)(H,33,38). The van der Waals surface area contributed by atoms with Crippen LogP contribution in [0.15, 0.2) is 102 Å². The summed E-state index contributed by atoms with van der Waals surface area (Å²) in [4.78, 5) is 29.2. The summed E-state index contributed by atoms with van der Waals surface area (Å²) in [6.07, 6.45) is 0. The van der Waals surface area contributed by atoms with Crippen LogP contribution in [0.3, 0.4) is 0 Å². The van der Waals surface area contributed by atoms with Crippen LogP contribution in [-0.4, -0.2) is 50.9 Å². The Morgan fingerprint density at radius 3 is 1.13 bits per heavy atom. The van der Waals surface area contributed by atoms with Gasteiger partial charge in [0.05, 0.1) is 0 Å². The van der Waals surface area contributed by atoms with Crippen LogP contribution in [-0.2, 0) is 0 Å². The van der Waals surface area contributed by atoms with Gasteiger partial charge in [0.1, 0.15) is 5.71 Å². The van der Waals surface area contributed by atoms with Gasteiger partial charge in [0, 0.05) is 73.2 Å². The van der Waals surface area contributed by atoms with Gasteiger partial charge >= 0.3 is 0 Å². The summed E-state index contributed by atoms with van der Waals surface area (Å²) >= 11 is 0. The lowest BCUT2D eigenvalue weighted by Gasteiger charge is -2.13. The molecular formula is C31H31N5O3. The molecule has 0 aromatic heterocycles. The predicted octanol–water partition coefficient (Wildman–Crippen LogP) is 5.55. The van der Waals surface area contributed by atoms with E-state index in [1.54, 1.807) is 72.8 Å². The highest BCUT2D eigenvalue weighted by Crippen LogP contribution is 2.19. The van der Waals surface area contributed by atoms with Crippen molar-refractivity contribution < 1.29 is 14.8 Å². The van der Waals surface area contributed by atoms with Gasteiger partial charge in [0.2, 0.25) is 0 Å². The number of nitrogens with zero attached hydrogens (tertiary/aromatic N) is 3. The first-order valence-corrected chi connectivity index (χ1v) is 12.4. The Hall–Kier alpha value is -5.11. The molecule has 0 saturated heterocycles. The van der Waals surface area contributed by atoms with Crippen molar-refractivity contribution >= 4 is 40.3 Å². The molecular weight excluding hydrogens is 490 g/mol. The van der Waals surface area contributed by atoms with Crippen LogP contribution < -0.4 is 20.4 Å². The number of carbonyl (C=O) groups excluding carboxylic acids is 2. The Balaban J connectivity index is 1.40. The minimum absolute atomic E-state index is 0.213. The molecule has 0 heterocycles. The van der Waals surface area contributed by atoms with Crippen molar-refractivity contribution in [3.05, 3.63) is 119 Å². The van der Waals surface area contributed by atoms with Gasteiger partial charge in [-0.25, -0.2) is 0 Å². The SMILES string of the molecule is CN(C)c1ccc(C(=O)Nc2ccc(C(=NO)c3ccc(NC(=O)c4ccc(N(C)C)cc4)cc3)cc2)cc1. The highest BCUT2D eigenvalue weighted by atomic mass is 16.4. The van der Waals surface area contributed by atoms with Crippen molar-refractivity contribution in [3.8, 4) is 0 Å². The topological polar surface area (TPSA) is 97.3 Å². The Morgan fingerprint density at radius 2 is 0.846 bits per heavy atom. The molecule has 0 spiro atoms. The molecule has 4 rings (SSSR count).